The van der Waals surface area contributed by atoms with E-state index in [2.05, 4.69) is 5.32 Å². The fourth-order valence-corrected chi connectivity index (χ4v) is 6.27. The van der Waals surface area contributed by atoms with Gasteiger partial charge in [-0.2, -0.15) is 17.5 Å². The molecule has 0 radical (unpaired) electrons. The first-order valence-corrected chi connectivity index (χ1v) is 14.7. The molecule has 1 saturated carbocycles. The number of nitrogens with one attached hydrogen (secondary N) is 1. The molecule has 2 aromatic carbocycles. The second-order valence-corrected chi connectivity index (χ2v) is 12.8. The van der Waals surface area contributed by atoms with Crippen LogP contribution in [0.3, 0.4) is 0 Å². The van der Waals surface area contributed by atoms with Crippen LogP contribution in [0.25, 0.3) is 0 Å². The summed E-state index contributed by atoms with van der Waals surface area (Å²) in [6, 6.07) is 6.34. The van der Waals surface area contributed by atoms with Crippen molar-refractivity contribution in [2.45, 2.75) is 49.6 Å². The molecule has 2 amide bonds. The van der Waals surface area contributed by atoms with Crippen LogP contribution in [0.15, 0.2) is 42.5 Å². The Balaban J connectivity index is 1.31. The molecule has 7 nitrogen and oxygen atoms in total. The summed E-state index contributed by atoms with van der Waals surface area (Å²) in [6.45, 7) is -0.463. The molecule has 3 fully saturated rings. The Hall–Kier alpha value is -3.06. The van der Waals surface area contributed by atoms with Gasteiger partial charge in [-0.15, -0.1) is 0 Å². The summed E-state index contributed by atoms with van der Waals surface area (Å²) in [5.41, 5.74) is -2.80. The van der Waals surface area contributed by atoms with Crippen LogP contribution in [0, 0.1) is 11.7 Å². The van der Waals surface area contributed by atoms with E-state index in [1.807, 2.05) is 0 Å². The van der Waals surface area contributed by atoms with Crippen molar-refractivity contribution in [2.75, 3.05) is 25.9 Å². The summed E-state index contributed by atoms with van der Waals surface area (Å²) in [4.78, 5) is 28.1. The Kier molecular flexibility index (Phi) is 7.18. The number of alkyl halides is 4. The molecule has 0 bridgehead atoms. The van der Waals surface area contributed by atoms with Crippen molar-refractivity contribution in [3.8, 4) is 0 Å². The second kappa shape index (κ2) is 10.1. The van der Waals surface area contributed by atoms with E-state index in [1.54, 1.807) is 0 Å². The highest BCUT2D eigenvalue weighted by molar-refractivity contribution is 7.88. The van der Waals surface area contributed by atoms with Crippen LogP contribution in [0.1, 0.15) is 58.8 Å². The zero-order valence-electron chi connectivity index (χ0n) is 21.5. The highest BCUT2D eigenvalue weighted by Gasteiger charge is 2.49. The molecule has 3 aliphatic rings. The van der Waals surface area contributed by atoms with Gasteiger partial charge in [0.25, 0.3) is 5.91 Å². The fraction of sp³-hybridized carbons (Fsp3) is 0.481. The Bertz CT molecular complexity index is 1440. The number of nitrogens with zero attached hydrogens (tertiary/aromatic N) is 2. The molecule has 5 rings (SSSR count). The first-order chi connectivity index (χ1) is 18.7. The Morgan fingerprint density at radius 2 is 1.77 bits per heavy atom. The lowest BCUT2D eigenvalue weighted by Gasteiger charge is -2.43. The lowest BCUT2D eigenvalue weighted by molar-refractivity contribution is -0.137. The van der Waals surface area contributed by atoms with Crippen LogP contribution < -0.4 is 5.32 Å². The summed E-state index contributed by atoms with van der Waals surface area (Å²) in [7, 11) is -3.54. The van der Waals surface area contributed by atoms with Crippen LogP contribution in [0.5, 0.6) is 0 Å². The van der Waals surface area contributed by atoms with Gasteiger partial charge in [-0.25, -0.2) is 17.2 Å². The Morgan fingerprint density at radius 1 is 1.07 bits per heavy atom. The minimum atomic E-state index is -4.70. The van der Waals surface area contributed by atoms with Gasteiger partial charge in [0, 0.05) is 17.7 Å². The molecular weight excluding hydrogens is 557 g/mol. The van der Waals surface area contributed by atoms with E-state index in [0.29, 0.717) is 31.7 Å². The van der Waals surface area contributed by atoms with Gasteiger partial charge in [-0.3, -0.25) is 9.59 Å². The topological polar surface area (TPSA) is 86.8 Å². The number of benzene rings is 2. The van der Waals surface area contributed by atoms with Gasteiger partial charge in [-0.05, 0) is 61.4 Å². The second-order valence-electron chi connectivity index (χ2n) is 10.8. The van der Waals surface area contributed by atoms with Gasteiger partial charge < -0.3 is 10.2 Å². The van der Waals surface area contributed by atoms with Crippen LogP contribution in [0.4, 0.5) is 22.0 Å². The third kappa shape index (κ3) is 5.58. The molecule has 2 heterocycles. The third-order valence-corrected chi connectivity index (χ3v) is 9.02. The number of likely N-dealkylation sites (tertiary alicyclic amines) is 1. The summed E-state index contributed by atoms with van der Waals surface area (Å²) in [6.07, 6.45) is -1.51. The van der Waals surface area contributed by atoms with Gasteiger partial charge in [0.2, 0.25) is 15.9 Å². The number of carbonyl (C=O) groups excluding carboxylic acids is 2. The lowest BCUT2D eigenvalue weighted by Crippen LogP contribution is -2.58. The zero-order chi connectivity index (χ0) is 29.0. The van der Waals surface area contributed by atoms with E-state index < -0.39 is 57.1 Å². The Labute approximate surface area is 228 Å². The molecule has 216 valence electrons. The molecule has 1 N–H and O–H groups in total. The van der Waals surface area contributed by atoms with Crippen molar-refractivity contribution in [2.24, 2.45) is 5.92 Å². The van der Waals surface area contributed by atoms with Gasteiger partial charge in [0.15, 0.2) is 5.67 Å². The maximum Gasteiger partial charge on any atom is 0.416 e. The van der Waals surface area contributed by atoms with E-state index >= 15 is 4.39 Å². The molecule has 2 saturated heterocycles. The molecule has 0 spiro atoms. The smallest absolute Gasteiger partial charge is 0.347 e. The first-order valence-electron chi connectivity index (χ1n) is 12.9. The normalized spacial score (nSPS) is 22.1. The van der Waals surface area contributed by atoms with Crippen molar-refractivity contribution in [1.29, 1.82) is 0 Å². The van der Waals surface area contributed by atoms with Crippen LogP contribution in [0.2, 0.25) is 0 Å². The van der Waals surface area contributed by atoms with E-state index in [4.69, 9.17) is 0 Å². The first kappa shape index (κ1) is 28.5. The van der Waals surface area contributed by atoms with Gasteiger partial charge >= 0.3 is 6.18 Å². The van der Waals surface area contributed by atoms with Gasteiger partial charge in [0.1, 0.15) is 11.9 Å². The summed E-state index contributed by atoms with van der Waals surface area (Å²) in [5.74, 6) is -2.24. The average molecular weight is 586 g/mol. The predicted molar refractivity (Wildman–Crippen MR) is 135 cm³/mol. The number of halogens is 5. The lowest BCUT2D eigenvalue weighted by atomic mass is 9.89. The molecule has 13 heteroatoms. The van der Waals surface area contributed by atoms with E-state index in [1.165, 1.54) is 29.2 Å². The number of carbonyl (C=O) groups is 2. The highest BCUT2D eigenvalue weighted by Crippen LogP contribution is 2.43. The van der Waals surface area contributed by atoms with Crippen LogP contribution in [-0.2, 0) is 26.7 Å². The van der Waals surface area contributed by atoms with Crippen molar-refractivity contribution >= 4 is 21.8 Å². The standard InChI is InChI=1S/C27H28F5N3O4S/c1-40(38,39)34-14-26(29,15-34)18-5-2-4-17(12-18)25(37)35-11-3-6-22(35)24(36)33-23(16-7-8-16)20-10-9-19(13-21(20)28)27(30,31)32/h2,4-5,9-10,12-13,16,22-23H,3,6-8,11,14-15H2,1H3,(H,33,36)/t22-,23?/m1/s1. The molecule has 40 heavy (non-hydrogen) atoms. The predicted octanol–water partition coefficient (Wildman–Crippen LogP) is 4.16. The van der Waals surface area contributed by atoms with Gasteiger partial charge in [0.05, 0.1) is 31.0 Å². The molecular formula is C27H28F5N3O4S. The monoisotopic (exact) mass is 585 g/mol. The third-order valence-electron chi connectivity index (χ3n) is 7.82. The van der Waals surface area contributed by atoms with Crippen molar-refractivity contribution < 1.29 is 40.0 Å². The largest absolute Gasteiger partial charge is 0.416 e. The average Bonchev–Trinajstić information content (AvgIpc) is 3.59. The minimum Gasteiger partial charge on any atom is -0.347 e. The molecule has 1 unspecified atom stereocenters. The summed E-state index contributed by atoms with van der Waals surface area (Å²) in [5, 5.41) is 2.77. The minimum absolute atomic E-state index is 0.0377. The summed E-state index contributed by atoms with van der Waals surface area (Å²) < 4.78 is 93.4. The maximum absolute atomic E-state index is 15.4. The fourth-order valence-electron chi connectivity index (χ4n) is 5.39. The number of amides is 2. The van der Waals surface area contributed by atoms with Crippen molar-refractivity contribution in [3.05, 3.63) is 70.5 Å². The quantitative estimate of drug-likeness (QED) is 0.495. The molecule has 1 aliphatic carbocycles. The number of rotatable bonds is 7. The molecule has 2 aliphatic heterocycles. The SMILES string of the molecule is CS(=O)(=O)N1CC(F)(c2cccc(C(=O)N3CCC[C@@H]3C(=O)NC(c3ccc(C(F)(F)F)cc3F)C3CC3)c2)C1. The van der Waals surface area contributed by atoms with Crippen molar-refractivity contribution in [1.82, 2.24) is 14.5 Å². The highest BCUT2D eigenvalue weighted by atomic mass is 32.2. The number of sulfonamides is 1. The Morgan fingerprint density at radius 3 is 2.38 bits per heavy atom. The van der Waals surface area contributed by atoms with E-state index in [0.717, 1.165) is 22.7 Å². The molecule has 0 aromatic heterocycles. The van der Waals surface area contributed by atoms with E-state index in [-0.39, 0.29) is 42.2 Å². The summed E-state index contributed by atoms with van der Waals surface area (Å²) >= 11 is 0. The van der Waals surface area contributed by atoms with Crippen LogP contribution >= 0.6 is 0 Å². The van der Waals surface area contributed by atoms with Crippen LogP contribution in [-0.4, -0.2) is 61.4 Å². The molecule has 2 atom stereocenters. The number of hydrogen-bond donors (Lipinski definition) is 1. The molecule has 2 aromatic rings. The van der Waals surface area contributed by atoms with Crippen molar-refractivity contribution in [3.63, 3.8) is 0 Å². The maximum atomic E-state index is 15.4. The zero-order valence-corrected chi connectivity index (χ0v) is 22.4. The van der Waals surface area contributed by atoms with E-state index in [9.17, 15) is 35.6 Å². The number of hydrogen-bond acceptors (Lipinski definition) is 4. The van der Waals surface area contributed by atoms with Gasteiger partial charge in [-0.1, -0.05) is 18.2 Å².